The highest BCUT2D eigenvalue weighted by Crippen LogP contribution is 2.31. The second-order valence-electron chi connectivity index (χ2n) is 9.01. The monoisotopic (exact) mass is 504 g/mol. The van der Waals surface area contributed by atoms with Gasteiger partial charge in [-0.1, -0.05) is 74.6 Å². The Hall–Kier alpha value is -3.45. The standard InChI is InChI=1S/C29H32N2O4S/c1-6-16-35-23-11-9-8-10-22(23)17-24-27(32)31-26(21-14-12-20(13-15-21)18(3)4)25(28(33)34-7-2)19(5)30-29(31)36-24/h8-15,17-18,26H,6-7,16H2,1-5H3. The fourth-order valence-electron chi connectivity index (χ4n) is 4.25. The van der Waals surface area contributed by atoms with Crippen molar-refractivity contribution in [2.24, 2.45) is 4.99 Å². The number of ether oxygens (including phenoxy) is 2. The number of nitrogens with zero attached hydrogens (tertiary/aromatic N) is 2. The third kappa shape index (κ3) is 5.07. The maximum atomic E-state index is 13.8. The number of allylic oxidation sites excluding steroid dienone is 1. The van der Waals surface area contributed by atoms with Gasteiger partial charge < -0.3 is 9.47 Å². The number of aromatic nitrogens is 1. The van der Waals surface area contributed by atoms with E-state index in [9.17, 15) is 9.59 Å². The van der Waals surface area contributed by atoms with E-state index in [-0.39, 0.29) is 12.2 Å². The lowest BCUT2D eigenvalue weighted by atomic mass is 9.93. The summed E-state index contributed by atoms with van der Waals surface area (Å²) in [7, 11) is 0. The van der Waals surface area contributed by atoms with Crippen LogP contribution in [0.4, 0.5) is 0 Å². The summed E-state index contributed by atoms with van der Waals surface area (Å²) in [5, 5.41) is 0. The number of para-hydroxylation sites is 1. The molecule has 0 aliphatic carbocycles. The van der Waals surface area contributed by atoms with Crippen molar-refractivity contribution in [3.8, 4) is 5.75 Å². The Kier molecular flexibility index (Phi) is 7.89. The number of thiazole rings is 1. The van der Waals surface area contributed by atoms with Gasteiger partial charge in [0.1, 0.15) is 5.75 Å². The molecule has 2 heterocycles. The minimum absolute atomic E-state index is 0.198. The molecule has 36 heavy (non-hydrogen) atoms. The lowest BCUT2D eigenvalue weighted by Crippen LogP contribution is -2.39. The molecule has 1 aliphatic heterocycles. The van der Waals surface area contributed by atoms with Gasteiger partial charge in [0.05, 0.1) is 35.1 Å². The van der Waals surface area contributed by atoms with Crippen molar-refractivity contribution in [1.29, 1.82) is 0 Å². The Labute approximate surface area is 215 Å². The summed E-state index contributed by atoms with van der Waals surface area (Å²) in [5.74, 6) is 0.650. The Morgan fingerprint density at radius 1 is 1.14 bits per heavy atom. The topological polar surface area (TPSA) is 69.9 Å². The lowest BCUT2D eigenvalue weighted by Gasteiger charge is -2.25. The molecule has 0 fully saturated rings. The quantitative estimate of drug-likeness (QED) is 0.417. The molecule has 188 valence electrons. The molecule has 0 saturated carbocycles. The highest BCUT2D eigenvalue weighted by molar-refractivity contribution is 7.07. The van der Waals surface area contributed by atoms with Crippen LogP contribution in [0, 0.1) is 0 Å². The summed E-state index contributed by atoms with van der Waals surface area (Å²) in [4.78, 5) is 32.1. The summed E-state index contributed by atoms with van der Waals surface area (Å²) >= 11 is 1.31. The van der Waals surface area contributed by atoms with E-state index < -0.39 is 12.0 Å². The molecule has 0 N–H and O–H groups in total. The molecular weight excluding hydrogens is 472 g/mol. The van der Waals surface area contributed by atoms with E-state index in [4.69, 9.17) is 9.47 Å². The molecule has 0 bridgehead atoms. The van der Waals surface area contributed by atoms with Crippen molar-refractivity contribution in [3.05, 3.63) is 96.2 Å². The number of esters is 1. The van der Waals surface area contributed by atoms with Crippen LogP contribution < -0.4 is 19.6 Å². The number of fused-ring (bicyclic) bond motifs is 1. The Bertz CT molecular complexity index is 1460. The highest BCUT2D eigenvalue weighted by Gasteiger charge is 2.33. The molecule has 7 heteroatoms. The molecule has 2 aromatic carbocycles. The van der Waals surface area contributed by atoms with Crippen molar-refractivity contribution in [3.63, 3.8) is 0 Å². The molecule has 3 aromatic rings. The van der Waals surface area contributed by atoms with Gasteiger partial charge in [-0.2, -0.15) is 0 Å². The van der Waals surface area contributed by atoms with Gasteiger partial charge in [-0.05, 0) is 49.5 Å². The molecule has 0 radical (unpaired) electrons. The van der Waals surface area contributed by atoms with Gasteiger partial charge in [-0.25, -0.2) is 9.79 Å². The number of carbonyl (C=O) groups is 1. The molecule has 0 spiro atoms. The predicted molar refractivity (Wildman–Crippen MR) is 143 cm³/mol. The van der Waals surface area contributed by atoms with Crippen molar-refractivity contribution < 1.29 is 14.3 Å². The molecule has 0 amide bonds. The third-order valence-corrected chi connectivity index (χ3v) is 7.09. The minimum atomic E-state index is -0.616. The first-order valence-electron chi connectivity index (χ1n) is 12.4. The number of carbonyl (C=O) groups excluding carboxylic acids is 1. The molecule has 4 rings (SSSR count). The third-order valence-electron chi connectivity index (χ3n) is 6.10. The van der Waals surface area contributed by atoms with Crippen molar-refractivity contribution in [2.45, 2.75) is 53.0 Å². The van der Waals surface area contributed by atoms with Crippen LogP contribution >= 0.6 is 11.3 Å². The van der Waals surface area contributed by atoms with E-state index in [0.29, 0.717) is 33.1 Å². The molecule has 1 unspecified atom stereocenters. The zero-order chi connectivity index (χ0) is 25.8. The van der Waals surface area contributed by atoms with Crippen LogP contribution in [-0.4, -0.2) is 23.8 Å². The fourth-order valence-corrected chi connectivity index (χ4v) is 5.29. The normalized spacial score (nSPS) is 15.6. The van der Waals surface area contributed by atoms with Crippen LogP contribution in [0.3, 0.4) is 0 Å². The summed E-state index contributed by atoms with van der Waals surface area (Å²) in [6.45, 7) is 10.7. The van der Waals surface area contributed by atoms with Gasteiger partial charge in [0.2, 0.25) is 0 Å². The Morgan fingerprint density at radius 2 is 1.86 bits per heavy atom. The molecule has 1 aromatic heterocycles. The van der Waals surface area contributed by atoms with E-state index in [1.165, 1.54) is 16.9 Å². The van der Waals surface area contributed by atoms with E-state index in [0.717, 1.165) is 23.3 Å². The number of benzene rings is 2. The van der Waals surface area contributed by atoms with E-state index in [1.807, 2.05) is 42.5 Å². The summed E-state index contributed by atoms with van der Waals surface area (Å²) < 4.78 is 13.4. The van der Waals surface area contributed by atoms with Crippen molar-refractivity contribution in [2.75, 3.05) is 13.2 Å². The van der Waals surface area contributed by atoms with Crippen molar-refractivity contribution in [1.82, 2.24) is 4.57 Å². The van der Waals surface area contributed by atoms with E-state index in [2.05, 4.69) is 37.9 Å². The summed E-state index contributed by atoms with van der Waals surface area (Å²) in [6, 6.07) is 15.1. The van der Waals surface area contributed by atoms with E-state index >= 15 is 0 Å². The largest absolute Gasteiger partial charge is 0.493 e. The fraction of sp³-hybridized carbons (Fsp3) is 0.345. The predicted octanol–water partition coefficient (Wildman–Crippen LogP) is 4.71. The SMILES string of the molecule is CCCOc1ccccc1C=c1sc2n(c1=O)C(c1ccc(C(C)C)cc1)C(C(=O)OCC)=C(C)N=2. The van der Waals surface area contributed by atoms with Crippen LogP contribution in [0.15, 0.2) is 69.6 Å². The summed E-state index contributed by atoms with van der Waals surface area (Å²) in [5.41, 5.74) is 3.61. The van der Waals surface area contributed by atoms with Gasteiger partial charge >= 0.3 is 5.97 Å². The molecule has 6 nitrogen and oxygen atoms in total. The van der Waals surface area contributed by atoms with Crippen LogP contribution in [0.25, 0.3) is 6.08 Å². The average Bonchev–Trinajstić information content (AvgIpc) is 3.17. The molecule has 1 atom stereocenters. The van der Waals surface area contributed by atoms with Crippen molar-refractivity contribution >= 4 is 23.4 Å². The summed E-state index contributed by atoms with van der Waals surface area (Å²) in [6.07, 6.45) is 2.74. The van der Waals surface area contributed by atoms with Crippen LogP contribution in [0.1, 0.15) is 69.7 Å². The molecule has 1 aliphatic rings. The zero-order valence-electron chi connectivity index (χ0n) is 21.4. The maximum Gasteiger partial charge on any atom is 0.338 e. The number of rotatable bonds is 8. The van der Waals surface area contributed by atoms with Gasteiger partial charge in [0.25, 0.3) is 5.56 Å². The van der Waals surface area contributed by atoms with Gasteiger partial charge in [-0.15, -0.1) is 0 Å². The second kappa shape index (κ2) is 11.1. The number of hydrogen-bond donors (Lipinski definition) is 0. The first-order valence-corrected chi connectivity index (χ1v) is 13.2. The first-order chi connectivity index (χ1) is 17.3. The first kappa shape index (κ1) is 25.6. The van der Waals surface area contributed by atoms with E-state index in [1.54, 1.807) is 18.4 Å². The zero-order valence-corrected chi connectivity index (χ0v) is 22.2. The Morgan fingerprint density at radius 3 is 2.53 bits per heavy atom. The van der Waals surface area contributed by atoms with Gasteiger partial charge in [-0.3, -0.25) is 9.36 Å². The number of hydrogen-bond acceptors (Lipinski definition) is 6. The second-order valence-corrected chi connectivity index (χ2v) is 10.0. The lowest BCUT2D eigenvalue weighted by molar-refractivity contribution is -0.139. The molecule has 0 saturated heterocycles. The highest BCUT2D eigenvalue weighted by atomic mass is 32.1. The van der Waals surface area contributed by atoms with Gasteiger partial charge in [0.15, 0.2) is 4.80 Å². The molecular formula is C29H32N2O4S. The van der Waals surface area contributed by atoms with Crippen LogP contribution in [-0.2, 0) is 9.53 Å². The average molecular weight is 505 g/mol. The van der Waals surface area contributed by atoms with Gasteiger partial charge in [0, 0.05) is 5.56 Å². The van der Waals surface area contributed by atoms with Crippen LogP contribution in [0.2, 0.25) is 0 Å². The maximum absolute atomic E-state index is 13.8. The Balaban J connectivity index is 1.90. The smallest absolute Gasteiger partial charge is 0.338 e. The minimum Gasteiger partial charge on any atom is -0.493 e. The van der Waals surface area contributed by atoms with Crippen LogP contribution in [0.5, 0.6) is 5.75 Å².